The van der Waals surface area contributed by atoms with Crippen LogP contribution in [0.2, 0.25) is 0 Å². The minimum Gasteiger partial charge on any atom is -0.354 e. The average Bonchev–Trinajstić information content (AvgIpc) is 2.86. The summed E-state index contributed by atoms with van der Waals surface area (Å²) in [4.78, 5) is 25.9. The molecular formula is C20H21FN2O2. The van der Waals surface area contributed by atoms with E-state index >= 15 is 0 Å². The van der Waals surface area contributed by atoms with E-state index in [1.54, 1.807) is 23.1 Å². The number of rotatable bonds is 4. The van der Waals surface area contributed by atoms with E-state index in [0.717, 1.165) is 5.56 Å². The van der Waals surface area contributed by atoms with Crippen molar-refractivity contribution in [2.45, 2.75) is 18.8 Å². The average molecular weight is 340 g/mol. The van der Waals surface area contributed by atoms with Gasteiger partial charge < -0.3 is 10.2 Å². The molecule has 4 nitrogen and oxygen atoms in total. The summed E-state index contributed by atoms with van der Waals surface area (Å²) in [6.45, 7) is 1.35. The van der Waals surface area contributed by atoms with Crippen LogP contribution < -0.4 is 5.32 Å². The fraction of sp³-hybridized carbons (Fsp3) is 0.300. The Morgan fingerprint density at radius 1 is 1.08 bits per heavy atom. The van der Waals surface area contributed by atoms with Crippen LogP contribution in [0.1, 0.15) is 29.9 Å². The molecule has 2 aromatic rings. The number of nitrogens with zero attached hydrogens (tertiary/aromatic N) is 1. The van der Waals surface area contributed by atoms with E-state index in [0.29, 0.717) is 31.6 Å². The molecule has 0 saturated carbocycles. The van der Waals surface area contributed by atoms with E-state index in [-0.39, 0.29) is 30.0 Å². The van der Waals surface area contributed by atoms with E-state index < -0.39 is 0 Å². The maximum atomic E-state index is 14.4. The second kappa shape index (κ2) is 7.92. The van der Waals surface area contributed by atoms with Crippen molar-refractivity contribution in [1.82, 2.24) is 10.2 Å². The highest BCUT2D eigenvalue weighted by Gasteiger charge is 2.25. The second-order valence-corrected chi connectivity index (χ2v) is 6.17. The van der Waals surface area contributed by atoms with Crippen LogP contribution >= 0.6 is 0 Å². The van der Waals surface area contributed by atoms with Crippen LogP contribution in [-0.2, 0) is 9.59 Å². The zero-order valence-corrected chi connectivity index (χ0v) is 14.0. The molecule has 1 fully saturated rings. The molecule has 1 aliphatic heterocycles. The molecule has 1 unspecified atom stereocenters. The van der Waals surface area contributed by atoms with Gasteiger partial charge in [-0.3, -0.25) is 9.59 Å². The van der Waals surface area contributed by atoms with Gasteiger partial charge in [0.25, 0.3) is 0 Å². The number of hydrogen-bond acceptors (Lipinski definition) is 2. The number of hydrogen-bond donors (Lipinski definition) is 1. The summed E-state index contributed by atoms with van der Waals surface area (Å²) in [6, 6.07) is 16.1. The first-order valence-electron chi connectivity index (χ1n) is 8.49. The molecule has 0 bridgehead atoms. The van der Waals surface area contributed by atoms with E-state index in [1.807, 2.05) is 30.3 Å². The molecule has 1 heterocycles. The van der Waals surface area contributed by atoms with Crippen molar-refractivity contribution in [1.29, 1.82) is 0 Å². The Morgan fingerprint density at radius 3 is 2.56 bits per heavy atom. The standard InChI is InChI=1S/C20H21FN2O2/c21-18-9-5-4-8-16(18)17(15-6-2-1-3-7-15)14-20(25)23-12-10-19(24)22-11-13-23/h1-9,17H,10-14H2,(H,22,24). The maximum absolute atomic E-state index is 14.4. The van der Waals surface area contributed by atoms with Crippen LogP contribution in [0.3, 0.4) is 0 Å². The molecule has 2 aromatic carbocycles. The van der Waals surface area contributed by atoms with E-state index in [4.69, 9.17) is 0 Å². The van der Waals surface area contributed by atoms with E-state index in [1.165, 1.54) is 6.07 Å². The van der Waals surface area contributed by atoms with Gasteiger partial charge in [0, 0.05) is 38.4 Å². The molecule has 1 atom stereocenters. The van der Waals surface area contributed by atoms with Gasteiger partial charge in [0.2, 0.25) is 11.8 Å². The zero-order valence-electron chi connectivity index (χ0n) is 14.0. The minimum absolute atomic E-state index is 0.0380. The lowest BCUT2D eigenvalue weighted by Crippen LogP contribution is -2.35. The van der Waals surface area contributed by atoms with Gasteiger partial charge in [0.05, 0.1) is 0 Å². The van der Waals surface area contributed by atoms with Gasteiger partial charge >= 0.3 is 0 Å². The third kappa shape index (κ3) is 4.24. The number of nitrogens with one attached hydrogen (secondary N) is 1. The molecule has 1 aliphatic rings. The molecule has 0 radical (unpaired) electrons. The highest BCUT2D eigenvalue weighted by atomic mass is 19.1. The highest BCUT2D eigenvalue weighted by Crippen LogP contribution is 2.30. The predicted octanol–water partition coefficient (Wildman–Crippen LogP) is 2.70. The maximum Gasteiger partial charge on any atom is 0.223 e. The first-order chi connectivity index (χ1) is 12.1. The van der Waals surface area contributed by atoms with Crippen molar-refractivity contribution in [3.8, 4) is 0 Å². The lowest BCUT2D eigenvalue weighted by atomic mass is 9.87. The topological polar surface area (TPSA) is 49.4 Å². The summed E-state index contributed by atoms with van der Waals surface area (Å²) in [5, 5.41) is 2.76. The highest BCUT2D eigenvalue weighted by molar-refractivity contribution is 5.81. The molecule has 0 aliphatic carbocycles. The lowest BCUT2D eigenvalue weighted by molar-refractivity contribution is -0.131. The van der Waals surface area contributed by atoms with Gasteiger partial charge in [-0.1, -0.05) is 48.5 Å². The molecule has 5 heteroatoms. The molecule has 1 N–H and O–H groups in total. The van der Waals surface area contributed by atoms with Crippen molar-refractivity contribution < 1.29 is 14.0 Å². The zero-order chi connectivity index (χ0) is 17.6. The quantitative estimate of drug-likeness (QED) is 0.930. The third-order valence-corrected chi connectivity index (χ3v) is 4.53. The Morgan fingerprint density at radius 2 is 1.80 bits per heavy atom. The normalized spacial score (nSPS) is 16.0. The Kier molecular flexibility index (Phi) is 5.43. The molecule has 25 heavy (non-hydrogen) atoms. The van der Waals surface area contributed by atoms with Gasteiger partial charge in [-0.05, 0) is 17.2 Å². The first kappa shape index (κ1) is 17.1. The summed E-state index contributed by atoms with van der Waals surface area (Å²) in [7, 11) is 0. The largest absolute Gasteiger partial charge is 0.354 e. The number of benzene rings is 2. The fourth-order valence-electron chi connectivity index (χ4n) is 3.17. The van der Waals surface area contributed by atoms with Crippen molar-refractivity contribution in [2.75, 3.05) is 19.6 Å². The molecule has 3 rings (SSSR count). The first-order valence-corrected chi connectivity index (χ1v) is 8.49. The Labute approximate surface area is 146 Å². The van der Waals surface area contributed by atoms with Crippen LogP contribution in [0, 0.1) is 5.82 Å². The van der Waals surface area contributed by atoms with Gasteiger partial charge in [0.15, 0.2) is 0 Å². The summed E-state index contributed by atoms with van der Waals surface area (Å²) in [5.74, 6) is -0.753. The van der Waals surface area contributed by atoms with E-state index in [2.05, 4.69) is 5.32 Å². The van der Waals surface area contributed by atoms with Crippen molar-refractivity contribution >= 4 is 11.8 Å². The van der Waals surface area contributed by atoms with Gasteiger partial charge in [0.1, 0.15) is 5.82 Å². The second-order valence-electron chi connectivity index (χ2n) is 6.17. The third-order valence-electron chi connectivity index (χ3n) is 4.53. The molecule has 0 aromatic heterocycles. The summed E-state index contributed by atoms with van der Waals surface area (Å²) in [6.07, 6.45) is 0.487. The molecule has 1 saturated heterocycles. The van der Waals surface area contributed by atoms with Crippen LogP contribution in [0.5, 0.6) is 0 Å². The van der Waals surface area contributed by atoms with Gasteiger partial charge in [-0.25, -0.2) is 4.39 Å². The van der Waals surface area contributed by atoms with Gasteiger partial charge in [-0.2, -0.15) is 0 Å². The Balaban J connectivity index is 1.84. The smallest absolute Gasteiger partial charge is 0.223 e. The van der Waals surface area contributed by atoms with Crippen molar-refractivity contribution in [2.24, 2.45) is 0 Å². The predicted molar refractivity (Wildman–Crippen MR) is 93.5 cm³/mol. The monoisotopic (exact) mass is 340 g/mol. The molecule has 2 amide bonds. The lowest BCUT2D eigenvalue weighted by Gasteiger charge is -2.24. The van der Waals surface area contributed by atoms with E-state index in [9.17, 15) is 14.0 Å². The van der Waals surface area contributed by atoms with Crippen molar-refractivity contribution in [3.05, 3.63) is 71.5 Å². The Hall–Kier alpha value is -2.69. The van der Waals surface area contributed by atoms with Crippen LogP contribution in [-0.4, -0.2) is 36.3 Å². The summed E-state index contributed by atoms with van der Waals surface area (Å²) >= 11 is 0. The van der Waals surface area contributed by atoms with Crippen LogP contribution in [0.4, 0.5) is 4.39 Å². The fourth-order valence-corrected chi connectivity index (χ4v) is 3.17. The van der Waals surface area contributed by atoms with Crippen LogP contribution in [0.25, 0.3) is 0 Å². The Bertz CT molecular complexity index is 748. The number of halogens is 1. The van der Waals surface area contributed by atoms with Gasteiger partial charge in [-0.15, -0.1) is 0 Å². The molecular weight excluding hydrogens is 319 g/mol. The molecule has 0 spiro atoms. The van der Waals surface area contributed by atoms with Crippen LogP contribution in [0.15, 0.2) is 54.6 Å². The SMILES string of the molecule is O=C1CCN(C(=O)CC(c2ccccc2)c2ccccc2F)CCN1. The molecule has 130 valence electrons. The number of carbonyl (C=O) groups is 2. The number of carbonyl (C=O) groups excluding carboxylic acids is 2. The minimum atomic E-state index is -0.346. The summed E-state index contributed by atoms with van der Waals surface area (Å²) < 4.78 is 14.4. The van der Waals surface area contributed by atoms with Crippen molar-refractivity contribution in [3.63, 3.8) is 0 Å². The number of amides is 2. The summed E-state index contributed by atoms with van der Waals surface area (Å²) in [5.41, 5.74) is 1.43.